The molecule has 0 atom stereocenters. The summed E-state index contributed by atoms with van der Waals surface area (Å²) in [5.41, 5.74) is 6.91. The molecule has 0 unspecified atom stereocenters. The monoisotopic (exact) mass is 364 g/mol. The maximum atomic E-state index is 13.1. The number of nitrogens with zero attached hydrogens (tertiary/aromatic N) is 2. The van der Waals surface area contributed by atoms with E-state index in [1.165, 1.54) is 0 Å². The molecule has 1 aliphatic rings. The summed E-state index contributed by atoms with van der Waals surface area (Å²) < 4.78 is 0. The highest BCUT2D eigenvalue weighted by atomic mass is 16.2. The molecule has 3 heterocycles. The summed E-state index contributed by atoms with van der Waals surface area (Å²) in [5.74, 6) is 0.0371. The maximum absolute atomic E-state index is 13.1. The summed E-state index contributed by atoms with van der Waals surface area (Å²) in [4.78, 5) is 18.2. The normalized spacial score (nSPS) is 13.6. The molecule has 1 aliphatic heterocycles. The van der Waals surface area contributed by atoms with Gasteiger partial charge in [-0.1, -0.05) is 30.3 Å². The van der Waals surface area contributed by atoms with Gasteiger partial charge in [0.2, 0.25) is 0 Å². The van der Waals surface area contributed by atoms with Crippen LogP contribution in [0.5, 0.6) is 0 Å². The number of anilines is 1. The highest BCUT2D eigenvalue weighted by Crippen LogP contribution is 2.38. The third kappa shape index (κ3) is 2.07. The first-order valence-electron chi connectivity index (χ1n) is 9.23. The van der Waals surface area contributed by atoms with Crippen LogP contribution in [-0.4, -0.2) is 21.1 Å². The predicted molar refractivity (Wildman–Crippen MR) is 110 cm³/mol. The van der Waals surface area contributed by atoms with Crippen molar-refractivity contribution in [2.75, 3.05) is 4.90 Å². The van der Waals surface area contributed by atoms with Crippen LogP contribution in [0.1, 0.15) is 15.9 Å². The van der Waals surface area contributed by atoms with Gasteiger partial charge >= 0.3 is 0 Å². The fourth-order valence-electron chi connectivity index (χ4n) is 4.20. The molecule has 0 radical (unpaired) electrons. The van der Waals surface area contributed by atoms with Crippen LogP contribution in [0.4, 0.5) is 5.69 Å². The van der Waals surface area contributed by atoms with E-state index in [9.17, 15) is 4.79 Å². The Bertz CT molecular complexity index is 1380. The second-order valence-corrected chi connectivity index (χ2v) is 7.12. The van der Waals surface area contributed by atoms with Crippen LogP contribution in [0.3, 0.4) is 0 Å². The average Bonchev–Trinajstić information content (AvgIpc) is 3.45. The molecule has 134 valence electrons. The fraction of sp³-hybridized carbons (Fsp3) is 0.0435. The number of aromatic nitrogens is 3. The number of H-pyrrole nitrogens is 2. The molecule has 2 aromatic heterocycles. The molecule has 0 aliphatic carbocycles. The van der Waals surface area contributed by atoms with Gasteiger partial charge in [-0.25, -0.2) is 0 Å². The Labute approximate surface area is 160 Å². The summed E-state index contributed by atoms with van der Waals surface area (Å²) in [6, 6.07) is 20.3. The summed E-state index contributed by atoms with van der Waals surface area (Å²) in [5, 5.41) is 9.41. The van der Waals surface area contributed by atoms with Gasteiger partial charge in [-0.2, -0.15) is 5.10 Å². The van der Waals surface area contributed by atoms with E-state index in [0.29, 0.717) is 6.54 Å². The predicted octanol–water partition coefficient (Wildman–Crippen LogP) is 4.87. The summed E-state index contributed by atoms with van der Waals surface area (Å²) in [6.07, 6.45) is 3.74. The van der Waals surface area contributed by atoms with Gasteiger partial charge in [-0.05, 0) is 47.0 Å². The van der Waals surface area contributed by atoms with E-state index >= 15 is 0 Å². The number of aromatic amines is 2. The van der Waals surface area contributed by atoms with E-state index < -0.39 is 0 Å². The van der Waals surface area contributed by atoms with Gasteiger partial charge in [0, 0.05) is 28.0 Å². The first-order chi connectivity index (χ1) is 13.8. The minimum absolute atomic E-state index is 0.0371. The molecular weight excluding hydrogens is 348 g/mol. The van der Waals surface area contributed by atoms with Crippen molar-refractivity contribution >= 4 is 33.4 Å². The van der Waals surface area contributed by atoms with Crippen LogP contribution in [0.15, 0.2) is 73.1 Å². The van der Waals surface area contributed by atoms with Gasteiger partial charge in [-0.3, -0.25) is 9.89 Å². The largest absolute Gasteiger partial charge is 0.361 e. The number of carbonyl (C=O) groups is 1. The van der Waals surface area contributed by atoms with Crippen molar-refractivity contribution in [3.63, 3.8) is 0 Å². The van der Waals surface area contributed by atoms with Crippen LogP contribution in [-0.2, 0) is 6.54 Å². The van der Waals surface area contributed by atoms with E-state index in [1.54, 1.807) is 6.20 Å². The Morgan fingerprint density at radius 2 is 1.79 bits per heavy atom. The van der Waals surface area contributed by atoms with Gasteiger partial charge < -0.3 is 9.88 Å². The number of rotatable bonds is 2. The molecule has 5 heteroatoms. The lowest BCUT2D eigenvalue weighted by Gasteiger charge is -2.18. The molecule has 6 rings (SSSR count). The van der Waals surface area contributed by atoms with Crippen molar-refractivity contribution in [3.05, 3.63) is 84.2 Å². The second-order valence-electron chi connectivity index (χ2n) is 7.12. The Kier molecular flexibility index (Phi) is 3.03. The molecule has 5 aromatic rings. The summed E-state index contributed by atoms with van der Waals surface area (Å²) in [7, 11) is 0. The van der Waals surface area contributed by atoms with Gasteiger partial charge in [0.25, 0.3) is 5.91 Å². The van der Waals surface area contributed by atoms with Crippen molar-refractivity contribution in [2.24, 2.45) is 0 Å². The van der Waals surface area contributed by atoms with E-state index in [4.69, 9.17) is 0 Å². The van der Waals surface area contributed by atoms with E-state index in [0.717, 1.165) is 49.7 Å². The van der Waals surface area contributed by atoms with Crippen molar-refractivity contribution in [1.82, 2.24) is 15.2 Å². The molecule has 0 bridgehead atoms. The Morgan fingerprint density at radius 1 is 0.893 bits per heavy atom. The van der Waals surface area contributed by atoms with Crippen LogP contribution >= 0.6 is 0 Å². The Hall–Kier alpha value is -3.86. The highest BCUT2D eigenvalue weighted by Gasteiger charge is 2.29. The smallest absolute Gasteiger partial charge is 0.258 e. The van der Waals surface area contributed by atoms with Crippen LogP contribution in [0.25, 0.3) is 32.9 Å². The highest BCUT2D eigenvalue weighted by molar-refractivity contribution is 6.14. The topological polar surface area (TPSA) is 64.8 Å². The van der Waals surface area contributed by atoms with E-state index in [2.05, 4.69) is 45.5 Å². The molecule has 0 spiro atoms. The lowest BCUT2D eigenvalue weighted by Crippen LogP contribution is -2.23. The van der Waals surface area contributed by atoms with Gasteiger partial charge in [0.05, 0.1) is 23.9 Å². The standard InChI is InChI=1S/C23H16N4O/c28-23-17-5-2-1-4-14(17)13-27(23)22-11-15(10-21-19(22)12-25-26-21)16-6-3-7-20-18(16)8-9-24-20/h1-12,24H,13H2,(H,25,26). The summed E-state index contributed by atoms with van der Waals surface area (Å²) >= 11 is 0. The minimum atomic E-state index is 0.0371. The molecule has 0 saturated carbocycles. The van der Waals surface area contributed by atoms with Gasteiger partial charge in [-0.15, -0.1) is 0 Å². The SMILES string of the molecule is O=C1c2ccccc2CN1c1cc(-c2cccc3[nH]ccc23)cc2[nH]ncc12. The number of hydrogen-bond acceptors (Lipinski definition) is 2. The van der Waals surface area contributed by atoms with Crippen LogP contribution in [0.2, 0.25) is 0 Å². The fourth-order valence-corrected chi connectivity index (χ4v) is 4.20. The lowest BCUT2D eigenvalue weighted by atomic mass is 9.99. The minimum Gasteiger partial charge on any atom is -0.361 e. The maximum Gasteiger partial charge on any atom is 0.258 e. The summed E-state index contributed by atoms with van der Waals surface area (Å²) in [6.45, 7) is 0.576. The van der Waals surface area contributed by atoms with Crippen molar-refractivity contribution < 1.29 is 4.79 Å². The number of nitrogens with one attached hydrogen (secondary N) is 2. The van der Waals surface area contributed by atoms with Crippen LogP contribution in [0, 0.1) is 0 Å². The lowest BCUT2D eigenvalue weighted by molar-refractivity contribution is 0.0997. The zero-order valence-electron chi connectivity index (χ0n) is 14.9. The van der Waals surface area contributed by atoms with Crippen molar-refractivity contribution in [1.29, 1.82) is 0 Å². The van der Waals surface area contributed by atoms with Crippen molar-refractivity contribution in [2.45, 2.75) is 6.54 Å². The Morgan fingerprint density at radius 3 is 2.71 bits per heavy atom. The third-order valence-corrected chi connectivity index (χ3v) is 5.55. The molecule has 1 amide bonds. The molecule has 5 nitrogen and oxygen atoms in total. The van der Waals surface area contributed by atoms with Crippen molar-refractivity contribution in [3.8, 4) is 11.1 Å². The first kappa shape index (κ1) is 15.2. The van der Waals surface area contributed by atoms with E-state index in [1.807, 2.05) is 41.4 Å². The zero-order chi connectivity index (χ0) is 18.7. The second kappa shape index (κ2) is 5.57. The molecule has 2 N–H and O–H groups in total. The van der Waals surface area contributed by atoms with Crippen LogP contribution < -0.4 is 4.90 Å². The number of carbonyl (C=O) groups excluding carboxylic acids is 1. The zero-order valence-corrected chi connectivity index (χ0v) is 14.9. The number of benzene rings is 3. The average molecular weight is 364 g/mol. The van der Waals surface area contributed by atoms with E-state index in [-0.39, 0.29) is 5.91 Å². The first-order valence-corrected chi connectivity index (χ1v) is 9.23. The number of hydrogen-bond donors (Lipinski definition) is 2. The van der Waals surface area contributed by atoms with Gasteiger partial charge in [0.1, 0.15) is 0 Å². The number of amides is 1. The quantitative estimate of drug-likeness (QED) is 0.469. The molecule has 28 heavy (non-hydrogen) atoms. The molecular formula is C23H16N4O. The van der Waals surface area contributed by atoms with Gasteiger partial charge in [0.15, 0.2) is 0 Å². The molecule has 3 aromatic carbocycles. The number of fused-ring (bicyclic) bond motifs is 3. The molecule has 0 fully saturated rings. The third-order valence-electron chi connectivity index (χ3n) is 5.55. The Balaban J connectivity index is 1.57. The molecule has 0 saturated heterocycles.